The van der Waals surface area contributed by atoms with Crippen LogP contribution in [-0.2, 0) is 22.6 Å². The number of benzene rings is 2. The molecule has 4 rings (SSSR count). The van der Waals surface area contributed by atoms with Gasteiger partial charge in [0, 0.05) is 20.0 Å². The standard InChI is InChI=1S/C30H35FN2O4/c1-5-27(30(35)32(4)19-25-10-7-15-36-25)37-24-12-11-21-13-14-33(28(34)16-20(2)3)29(26(21)18-24)22-8-6-9-23(31)17-22/h6-12,15,17-18,20,27,29H,5,13-14,16,19H2,1-4H3/t27-,29+/m0/s1. The van der Waals surface area contributed by atoms with Crippen molar-refractivity contribution in [3.63, 3.8) is 0 Å². The fraction of sp³-hybridized carbons (Fsp3) is 0.400. The molecule has 0 fully saturated rings. The molecule has 2 amide bonds. The lowest BCUT2D eigenvalue weighted by Gasteiger charge is -2.38. The third kappa shape index (κ3) is 6.21. The van der Waals surface area contributed by atoms with Crippen LogP contribution in [0.2, 0.25) is 0 Å². The van der Waals surface area contributed by atoms with Gasteiger partial charge in [0.1, 0.15) is 17.3 Å². The van der Waals surface area contributed by atoms with E-state index in [1.54, 1.807) is 30.3 Å². The van der Waals surface area contributed by atoms with Gasteiger partial charge in [-0.05, 0) is 71.8 Å². The van der Waals surface area contributed by atoms with E-state index < -0.39 is 12.1 Å². The van der Waals surface area contributed by atoms with Crippen LogP contribution in [0.3, 0.4) is 0 Å². The van der Waals surface area contributed by atoms with Gasteiger partial charge in [-0.3, -0.25) is 9.59 Å². The largest absolute Gasteiger partial charge is 0.481 e. The highest BCUT2D eigenvalue weighted by molar-refractivity contribution is 5.81. The summed E-state index contributed by atoms with van der Waals surface area (Å²) in [6, 6.07) is 15.4. The number of carbonyl (C=O) groups is 2. The Balaban J connectivity index is 1.63. The fourth-order valence-corrected chi connectivity index (χ4v) is 4.87. The number of carbonyl (C=O) groups excluding carboxylic acids is 2. The molecular weight excluding hydrogens is 471 g/mol. The van der Waals surface area contributed by atoms with Crippen molar-refractivity contribution in [3.8, 4) is 5.75 Å². The molecule has 0 unspecified atom stereocenters. The van der Waals surface area contributed by atoms with Gasteiger partial charge in [-0.1, -0.05) is 39.0 Å². The van der Waals surface area contributed by atoms with Crippen molar-refractivity contribution in [1.82, 2.24) is 9.80 Å². The van der Waals surface area contributed by atoms with Gasteiger partial charge in [-0.15, -0.1) is 0 Å². The van der Waals surface area contributed by atoms with Crippen molar-refractivity contribution in [3.05, 3.63) is 89.1 Å². The summed E-state index contributed by atoms with van der Waals surface area (Å²) in [5, 5.41) is 0. The van der Waals surface area contributed by atoms with Crippen LogP contribution in [0.15, 0.2) is 65.3 Å². The average molecular weight is 507 g/mol. The molecule has 1 aliphatic rings. The number of hydrogen-bond donors (Lipinski definition) is 0. The number of nitrogens with zero attached hydrogens (tertiary/aromatic N) is 2. The Kier molecular flexibility index (Phi) is 8.31. The summed E-state index contributed by atoms with van der Waals surface area (Å²) in [6.45, 7) is 6.86. The van der Waals surface area contributed by atoms with Crippen molar-refractivity contribution in [2.24, 2.45) is 5.92 Å². The maximum Gasteiger partial charge on any atom is 0.263 e. The molecule has 1 aliphatic heterocycles. The molecular formula is C30H35FN2O4. The molecule has 3 aromatic rings. The topological polar surface area (TPSA) is 63.0 Å². The minimum Gasteiger partial charge on any atom is -0.481 e. The van der Waals surface area contributed by atoms with Gasteiger partial charge in [-0.25, -0.2) is 4.39 Å². The van der Waals surface area contributed by atoms with Crippen LogP contribution < -0.4 is 4.74 Å². The zero-order valence-electron chi connectivity index (χ0n) is 21.9. The molecule has 1 aromatic heterocycles. The quantitative estimate of drug-likeness (QED) is 0.371. The Morgan fingerprint density at radius 1 is 1.16 bits per heavy atom. The minimum absolute atomic E-state index is 0.0439. The summed E-state index contributed by atoms with van der Waals surface area (Å²) in [5.74, 6) is 1.01. The molecule has 37 heavy (non-hydrogen) atoms. The molecule has 0 saturated heterocycles. The van der Waals surface area contributed by atoms with Crippen LogP contribution >= 0.6 is 0 Å². The monoisotopic (exact) mass is 506 g/mol. The highest BCUT2D eigenvalue weighted by Crippen LogP contribution is 2.38. The first-order valence-electron chi connectivity index (χ1n) is 12.9. The van der Waals surface area contributed by atoms with Gasteiger partial charge in [0.05, 0.1) is 18.8 Å². The van der Waals surface area contributed by atoms with Crippen LogP contribution in [0.1, 0.15) is 62.1 Å². The SMILES string of the molecule is CC[C@H](Oc1ccc2c(c1)[C@@H](c1cccc(F)c1)N(C(=O)CC(C)C)CC2)C(=O)N(C)Cc1ccco1. The van der Waals surface area contributed by atoms with Crippen LogP contribution in [0.5, 0.6) is 5.75 Å². The molecule has 0 saturated carbocycles. The van der Waals surface area contributed by atoms with Gasteiger partial charge in [-0.2, -0.15) is 0 Å². The number of rotatable bonds is 9. The molecule has 0 aliphatic carbocycles. The number of likely N-dealkylation sites (N-methyl/N-ethyl adjacent to an activating group) is 1. The smallest absolute Gasteiger partial charge is 0.263 e. The van der Waals surface area contributed by atoms with Crippen molar-refractivity contribution >= 4 is 11.8 Å². The number of amides is 2. The van der Waals surface area contributed by atoms with E-state index in [0.29, 0.717) is 43.9 Å². The summed E-state index contributed by atoms with van der Waals surface area (Å²) in [7, 11) is 1.72. The number of ether oxygens (including phenoxy) is 1. The molecule has 7 heteroatoms. The molecule has 0 bridgehead atoms. The molecule has 6 nitrogen and oxygen atoms in total. The first-order valence-corrected chi connectivity index (χ1v) is 12.9. The Hall–Kier alpha value is -3.61. The predicted octanol–water partition coefficient (Wildman–Crippen LogP) is 5.75. The van der Waals surface area contributed by atoms with Crippen LogP contribution in [0.25, 0.3) is 0 Å². The van der Waals surface area contributed by atoms with Crippen LogP contribution in [0, 0.1) is 11.7 Å². The van der Waals surface area contributed by atoms with Gasteiger partial charge in [0.25, 0.3) is 5.91 Å². The second-order valence-electron chi connectivity index (χ2n) is 10.0. The average Bonchev–Trinajstić information content (AvgIpc) is 3.38. The third-order valence-electron chi connectivity index (χ3n) is 6.69. The predicted molar refractivity (Wildman–Crippen MR) is 139 cm³/mol. The van der Waals surface area contributed by atoms with E-state index >= 15 is 0 Å². The van der Waals surface area contributed by atoms with Gasteiger partial charge < -0.3 is 19.0 Å². The lowest BCUT2D eigenvalue weighted by molar-refractivity contribution is -0.138. The van der Waals surface area contributed by atoms with E-state index in [0.717, 1.165) is 16.7 Å². The van der Waals surface area contributed by atoms with Gasteiger partial charge in [0.2, 0.25) is 5.91 Å². The van der Waals surface area contributed by atoms with E-state index in [4.69, 9.17) is 9.15 Å². The minimum atomic E-state index is -0.673. The Bertz CT molecular complexity index is 1220. The highest BCUT2D eigenvalue weighted by Gasteiger charge is 2.33. The van der Waals surface area contributed by atoms with E-state index in [1.165, 1.54) is 12.1 Å². The second kappa shape index (κ2) is 11.6. The van der Waals surface area contributed by atoms with E-state index in [9.17, 15) is 14.0 Å². The van der Waals surface area contributed by atoms with Crippen LogP contribution in [0.4, 0.5) is 4.39 Å². The lowest BCUT2D eigenvalue weighted by Crippen LogP contribution is -2.41. The Labute approximate surface area is 218 Å². The number of fused-ring (bicyclic) bond motifs is 1. The molecule has 0 N–H and O–H groups in total. The summed E-state index contributed by atoms with van der Waals surface area (Å²) in [5.41, 5.74) is 2.71. The first kappa shape index (κ1) is 26.5. The molecule has 2 heterocycles. The molecule has 2 aromatic carbocycles. The van der Waals surface area contributed by atoms with Crippen molar-refractivity contribution < 1.29 is 23.1 Å². The van der Waals surface area contributed by atoms with E-state index in [1.807, 2.05) is 56.0 Å². The van der Waals surface area contributed by atoms with Gasteiger partial charge >= 0.3 is 0 Å². The van der Waals surface area contributed by atoms with E-state index in [-0.39, 0.29) is 23.5 Å². The van der Waals surface area contributed by atoms with Crippen LogP contribution in [-0.4, -0.2) is 41.3 Å². The van der Waals surface area contributed by atoms with Crippen molar-refractivity contribution in [1.29, 1.82) is 0 Å². The summed E-state index contributed by atoms with van der Waals surface area (Å²) < 4.78 is 25.8. The second-order valence-corrected chi connectivity index (χ2v) is 10.0. The summed E-state index contributed by atoms with van der Waals surface area (Å²) in [6.07, 6.45) is 2.52. The molecule has 2 atom stereocenters. The zero-order chi connectivity index (χ0) is 26.5. The van der Waals surface area contributed by atoms with E-state index in [2.05, 4.69) is 0 Å². The summed E-state index contributed by atoms with van der Waals surface area (Å²) in [4.78, 5) is 29.8. The molecule has 0 radical (unpaired) electrons. The maximum atomic E-state index is 14.3. The fourth-order valence-electron chi connectivity index (χ4n) is 4.87. The lowest BCUT2D eigenvalue weighted by atomic mass is 9.87. The number of hydrogen-bond acceptors (Lipinski definition) is 4. The Morgan fingerprint density at radius 2 is 1.97 bits per heavy atom. The Morgan fingerprint density at radius 3 is 2.65 bits per heavy atom. The summed E-state index contributed by atoms with van der Waals surface area (Å²) >= 11 is 0. The normalized spacial score (nSPS) is 15.8. The highest BCUT2D eigenvalue weighted by atomic mass is 19.1. The zero-order valence-corrected chi connectivity index (χ0v) is 21.9. The number of furan rings is 1. The number of halogens is 1. The van der Waals surface area contributed by atoms with Gasteiger partial charge in [0.15, 0.2) is 6.10 Å². The maximum absolute atomic E-state index is 14.3. The van der Waals surface area contributed by atoms with Crippen molar-refractivity contribution in [2.75, 3.05) is 13.6 Å². The van der Waals surface area contributed by atoms with Crippen molar-refractivity contribution in [2.45, 2.75) is 58.7 Å². The first-order chi connectivity index (χ1) is 17.8. The molecule has 196 valence electrons. The molecule has 0 spiro atoms. The third-order valence-corrected chi connectivity index (χ3v) is 6.69.